The van der Waals surface area contributed by atoms with E-state index < -0.39 is 0 Å². The Kier molecular flexibility index (Phi) is 9.45. The number of anilines is 8. The molecule has 4 aliphatic carbocycles. The Morgan fingerprint density at radius 3 is 1.76 bits per heavy atom. The SMILES string of the molecule is Cc1cc2c3cc1N1c4cc(cc5c4B(c4cc6c(cc4N5c4ccc5c(c4)C(C)(C)CCC5(C)C)C(C)(C)CCC6(C)C)c4c1ccc1c4sc4ccccc41)N1c4cc(ccc4C4(C)CCCCC14C)C3(C)CCC2(C)C. The second kappa shape index (κ2) is 15.2. The Morgan fingerprint density at radius 1 is 0.418 bits per heavy atom. The Hall–Kier alpha value is -5.78. The number of aryl methyl sites for hydroxylation is 1. The van der Waals surface area contributed by atoms with Crippen LogP contribution in [0, 0.1) is 6.92 Å². The summed E-state index contributed by atoms with van der Waals surface area (Å²) in [6, 6.07) is 46.2. The van der Waals surface area contributed by atoms with Crippen molar-refractivity contribution < 1.29 is 0 Å². The van der Waals surface area contributed by atoms with Gasteiger partial charge < -0.3 is 14.7 Å². The molecule has 400 valence electrons. The van der Waals surface area contributed by atoms with Gasteiger partial charge in [0, 0.05) is 71.1 Å². The van der Waals surface area contributed by atoms with Crippen molar-refractivity contribution in [1.82, 2.24) is 0 Å². The third-order valence-electron chi connectivity index (χ3n) is 23.8. The number of hydrogen-bond donors (Lipinski definition) is 0. The van der Waals surface area contributed by atoms with Crippen LogP contribution in [0.5, 0.6) is 0 Å². The lowest BCUT2D eigenvalue weighted by molar-refractivity contribution is 0.195. The first kappa shape index (κ1) is 49.1. The van der Waals surface area contributed by atoms with Gasteiger partial charge in [-0.1, -0.05) is 151 Å². The van der Waals surface area contributed by atoms with Crippen molar-refractivity contribution >= 4 is 100 Å². The van der Waals surface area contributed by atoms with Crippen LogP contribution in [0.1, 0.15) is 204 Å². The second-order valence-electron chi connectivity index (χ2n) is 30.5. The number of nitrogens with zero attached hydrogens (tertiary/aromatic N) is 3. The first-order chi connectivity index (χ1) is 37.4. The van der Waals surface area contributed by atoms with Crippen molar-refractivity contribution in [2.75, 3.05) is 14.7 Å². The van der Waals surface area contributed by atoms with Crippen LogP contribution in [0.3, 0.4) is 0 Å². The molecule has 16 rings (SSSR count). The van der Waals surface area contributed by atoms with Gasteiger partial charge in [0.05, 0.1) is 5.54 Å². The average molecular weight is 1050 g/mol. The molecule has 1 aromatic heterocycles. The number of thiophene rings is 1. The first-order valence-electron chi connectivity index (χ1n) is 30.5. The quantitative estimate of drug-likeness (QED) is 0.152. The van der Waals surface area contributed by atoms with Crippen molar-refractivity contribution in [1.29, 1.82) is 0 Å². The van der Waals surface area contributed by atoms with Crippen LogP contribution in [0.25, 0.3) is 20.2 Å². The zero-order valence-corrected chi connectivity index (χ0v) is 50.6. The molecule has 3 unspecified atom stereocenters. The van der Waals surface area contributed by atoms with Gasteiger partial charge in [-0.3, -0.25) is 0 Å². The molecule has 5 heteroatoms. The van der Waals surface area contributed by atoms with E-state index in [4.69, 9.17) is 0 Å². The van der Waals surface area contributed by atoms with E-state index in [1.165, 1.54) is 177 Å². The lowest BCUT2D eigenvalue weighted by atomic mass is 9.33. The minimum absolute atomic E-state index is 0.00417. The maximum atomic E-state index is 2.93. The van der Waals surface area contributed by atoms with Crippen LogP contribution in [-0.4, -0.2) is 12.3 Å². The van der Waals surface area contributed by atoms with Crippen molar-refractivity contribution in [3.05, 3.63) is 159 Å². The molecule has 1 fully saturated rings. The maximum Gasteiger partial charge on any atom is 0.254 e. The highest BCUT2D eigenvalue weighted by Crippen LogP contribution is 2.64. The third kappa shape index (κ3) is 6.12. The number of benzene rings is 7. The smallest absolute Gasteiger partial charge is 0.254 e. The summed E-state index contributed by atoms with van der Waals surface area (Å²) in [7, 11) is 0. The van der Waals surface area contributed by atoms with Gasteiger partial charge in [-0.15, -0.1) is 11.3 Å². The van der Waals surface area contributed by atoms with Crippen LogP contribution in [0.4, 0.5) is 45.5 Å². The number of fused-ring (bicyclic) bond motifs is 20. The summed E-state index contributed by atoms with van der Waals surface area (Å²) in [6.45, 7) is 35.5. The van der Waals surface area contributed by atoms with E-state index in [0.717, 1.165) is 19.3 Å². The molecule has 0 radical (unpaired) electrons. The molecule has 8 aliphatic rings. The van der Waals surface area contributed by atoms with Crippen LogP contribution in [-0.2, 0) is 37.9 Å². The first-order valence-corrected chi connectivity index (χ1v) is 31.4. The lowest BCUT2D eigenvalue weighted by Gasteiger charge is -2.52. The molecule has 0 N–H and O–H groups in total. The summed E-state index contributed by atoms with van der Waals surface area (Å²) in [5.74, 6) is 0. The molecule has 79 heavy (non-hydrogen) atoms. The van der Waals surface area contributed by atoms with E-state index in [0.29, 0.717) is 0 Å². The van der Waals surface area contributed by atoms with Crippen LogP contribution in [0.15, 0.2) is 109 Å². The molecule has 0 spiro atoms. The molecule has 1 saturated carbocycles. The van der Waals surface area contributed by atoms with Crippen molar-refractivity contribution in [3.63, 3.8) is 0 Å². The number of hydrogen-bond acceptors (Lipinski definition) is 4. The van der Waals surface area contributed by atoms with Crippen molar-refractivity contribution in [2.45, 2.75) is 205 Å². The average Bonchev–Trinajstić information content (AvgIpc) is 2.48. The minimum Gasteiger partial charge on any atom is -0.334 e. The lowest BCUT2D eigenvalue weighted by Crippen LogP contribution is -2.62. The highest BCUT2D eigenvalue weighted by Gasteiger charge is 2.59. The number of rotatable bonds is 1. The molecular formula is C74H80BN3S. The van der Waals surface area contributed by atoms with Gasteiger partial charge in [0.25, 0.3) is 6.71 Å². The Labute approximate surface area is 475 Å². The molecular weight excluding hydrogens is 974 g/mol. The van der Waals surface area contributed by atoms with E-state index in [1.807, 2.05) is 11.3 Å². The molecule has 6 bridgehead atoms. The van der Waals surface area contributed by atoms with E-state index in [1.54, 1.807) is 0 Å². The Bertz CT molecular complexity index is 4070. The monoisotopic (exact) mass is 1050 g/mol. The van der Waals surface area contributed by atoms with Crippen LogP contribution in [0.2, 0.25) is 0 Å². The summed E-state index contributed by atoms with van der Waals surface area (Å²) >= 11 is 2.02. The van der Waals surface area contributed by atoms with Gasteiger partial charge in [0.1, 0.15) is 0 Å². The highest BCUT2D eigenvalue weighted by molar-refractivity contribution is 7.28. The standard InChI is InChI=1S/C74H80BN3S/c1-43-35-51-55-42-58(43)77-57-26-23-48-47-19-15-16-20-63(47)79-66(48)65(57)75-56-40-53-54(70(8,9)32-31-69(53,6)7)41-60(56)76(45-22-25-49-52(37-45)68(4,5)30-29-67(49,2)3)61-38-46(39-62(77)64(61)75)78-59-36-44(72(55,12)34-33-71(51,10)11)21-24-50(59)73(13)27-17-18-28-74(73,78)14/h15-16,19-26,35-42H,17-18,27-34H2,1-14H3. The molecule has 0 amide bonds. The molecule has 3 atom stereocenters. The fourth-order valence-corrected chi connectivity index (χ4v) is 19.5. The fourth-order valence-electron chi connectivity index (χ4n) is 18.3. The van der Waals surface area contributed by atoms with Gasteiger partial charge in [-0.05, 0) is 219 Å². The second-order valence-corrected chi connectivity index (χ2v) is 31.5. The van der Waals surface area contributed by atoms with E-state index in [-0.39, 0.29) is 50.2 Å². The predicted octanol–water partition coefficient (Wildman–Crippen LogP) is 18.6. The minimum atomic E-state index is -0.170. The van der Waals surface area contributed by atoms with Gasteiger partial charge in [-0.2, -0.15) is 0 Å². The topological polar surface area (TPSA) is 9.72 Å². The molecule has 7 aromatic carbocycles. The third-order valence-corrected chi connectivity index (χ3v) is 25.0. The van der Waals surface area contributed by atoms with E-state index in [9.17, 15) is 0 Å². The van der Waals surface area contributed by atoms with E-state index >= 15 is 0 Å². The fraction of sp³-hybridized carbons (Fsp3) is 0.432. The van der Waals surface area contributed by atoms with Gasteiger partial charge >= 0.3 is 0 Å². The van der Waals surface area contributed by atoms with Gasteiger partial charge in [0.15, 0.2) is 0 Å². The summed E-state index contributed by atoms with van der Waals surface area (Å²) in [6.07, 6.45) is 11.9. The van der Waals surface area contributed by atoms with Gasteiger partial charge in [0.2, 0.25) is 0 Å². The van der Waals surface area contributed by atoms with Gasteiger partial charge in [-0.25, -0.2) is 0 Å². The normalized spacial score (nSPS) is 26.2. The summed E-state index contributed by atoms with van der Waals surface area (Å²) in [5.41, 5.74) is 28.5. The van der Waals surface area contributed by atoms with Crippen LogP contribution >= 0.6 is 11.3 Å². The molecule has 0 saturated heterocycles. The van der Waals surface area contributed by atoms with Crippen LogP contribution < -0.4 is 31.1 Å². The molecule has 5 heterocycles. The molecule has 3 nitrogen and oxygen atoms in total. The Morgan fingerprint density at radius 2 is 1.03 bits per heavy atom. The zero-order chi connectivity index (χ0) is 54.7. The Balaban J connectivity index is 1.11. The van der Waals surface area contributed by atoms with Crippen molar-refractivity contribution in [2.24, 2.45) is 0 Å². The van der Waals surface area contributed by atoms with Crippen molar-refractivity contribution in [3.8, 4) is 0 Å². The highest BCUT2D eigenvalue weighted by atomic mass is 32.1. The largest absolute Gasteiger partial charge is 0.334 e. The molecule has 4 aliphatic heterocycles. The zero-order valence-electron chi connectivity index (χ0n) is 49.8. The summed E-state index contributed by atoms with van der Waals surface area (Å²) in [5, 5.41) is 2.74. The molecule has 8 aromatic rings. The van der Waals surface area contributed by atoms with E-state index in [2.05, 4.69) is 221 Å². The predicted molar refractivity (Wildman–Crippen MR) is 340 cm³/mol. The summed E-state index contributed by atoms with van der Waals surface area (Å²) < 4.78 is 2.79. The summed E-state index contributed by atoms with van der Waals surface area (Å²) in [4.78, 5) is 8.57. The maximum absolute atomic E-state index is 2.93.